The van der Waals surface area contributed by atoms with Gasteiger partial charge in [0.15, 0.2) is 0 Å². The van der Waals surface area contributed by atoms with Gasteiger partial charge >= 0.3 is 0 Å². The zero-order valence-corrected chi connectivity index (χ0v) is 15.6. The molecular weight excluding hydrogens is 373 g/mol. The van der Waals surface area contributed by atoms with Gasteiger partial charge in [-0.25, -0.2) is 0 Å². The summed E-state index contributed by atoms with van der Waals surface area (Å²) >= 11 is 12.4. The number of ether oxygens (including phenoxy) is 1. The number of Topliss-reactive ketones (excluding diaryl/α,β-unsaturated/α-hetero) is 1. The molecule has 1 aliphatic carbocycles. The summed E-state index contributed by atoms with van der Waals surface area (Å²) in [6, 6.07) is 12.7. The second-order valence-electron chi connectivity index (χ2n) is 6.79. The van der Waals surface area contributed by atoms with Gasteiger partial charge in [-0.1, -0.05) is 35.3 Å². The second kappa shape index (κ2) is 6.38. The number of amides is 1. The quantitative estimate of drug-likeness (QED) is 0.830. The number of fused-ring (bicyclic) bond motifs is 2. The van der Waals surface area contributed by atoms with Crippen molar-refractivity contribution in [2.75, 3.05) is 12.4 Å². The Balaban J connectivity index is 1.99. The van der Waals surface area contributed by atoms with Crippen LogP contribution in [0.5, 0.6) is 0 Å². The minimum atomic E-state index is -1.02. The number of carbonyl (C=O) groups excluding carboxylic acids is 2. The minimum Gasteiger partial charge on any atom is -0.379 e. The van der Waals surface area contributed by atoms with Gasteiger partial charge in [0.25, 0.3) is 0 Å². The number of hydrogen-bond donors (Lipinski definition) is 1. The van der Waals surface area contributed by atoms with E-state index in [1.165, 1.54) is 7.11 Å². The average Bonchev–Trinajstić information content (AvgIpc) is 2.89. The van der Waals surface area contributed by atoms with Crippen LogP contribution in [0, 0.1) is 0 Å². The molecule has 1 spiro atoms. The van der Waals surface area contributed by atoms with Crippen molar-refractivity contribution >= 4 is 40.6 Å². The Labute approximate surface area is 161 Å². The number of methoxy groups -OCH3 is 1. The molecule has 4 nitrogen and oxygen atoms in total. The summed E-state index contributed by atoms with van der Waals surface area (Å²) in [4.78, 5) is 25.7. The standard InChI is InChI=1S/C20H17Cl2NO3/c1-26-18-10-14(24)9-15(11-3-2-4-12(21)7-11)20(18)16-8-13(22)5-6-17(16)23-19(20)25/h2-8,15,18H,9-10H2,1H3,(H,23,25). The van der Waals surface area contributed by atoms with E-state index >= 15 is 0 Å². The number of carbonyl (C=O) groups is 2. The van der Waals surface area contributed by atoms with E-state index in [0.29, 0.717) is 15.7 Å². The molecule has 1 saturated carbocycles. The smallest absolute Gasteiger partial charge is 0.238 e. The number of rotatable bonds is 2. The number of benzene rings is 2. The van der Waals surface area contributed by atoms with Crippen LogP contribution in [-0.4, -0.2) is 24.9 Å². The predicted octanol–water partition coefficient (Wildman–Crippen LogP) is 4.35. The van der Waals surface area contributed by atoms with Gasteiger partial charge in [0, 0.05) is 41.6 Å². The Kier molecular flexibility index (Phi) is 4.30. The lowest BCUT2D eigenvalue weighted by atomic mass is 9.59. The maximum Gasteiger partial charge on any atom is 0.238 e. The SMILES string of the molecule is COC1CC(=O)CC(c2cccc(Cl)c2)C12C(=O)Nc1ccc(Cl)cc12. The molecule has 2 aliphatic rings. The summed E-state index contributed by atoms with van der Waals surface area (Å²) in [5.41, 5.74) is 1.31. The Bertz CT molecular complexity index is 914. The third-order valence-electron chi connectivity index (χ3n) is 5.49. The molecule has 1 aliphatic heterocycles. The molecule has 2 aromatic rings. The van der Waals surface area contributed by atoms with Crippen LogP contribution in [0.4, 0.5) is 5.69 Å². The van der Waals surface area contributed by atoms with Gasteiger partial charge in [-0.3, -0.25) is 9.59 Å². The van der Waals surface area contributed by atoms with E-state index in [1.807, 2.05) is 18.2 Å². The molecular formula is C20H17Cl2NO3. The summed E-state index contributed by atoms with van der Waals surface area (Å²) in [7, 11) is 1.54. The Morgan fingerprint density at radius 2 is 1.85 bits per heavy atom. The number of ketones is 1. The Hall–Kier alpha value is -1.88. The zero-order valence-electron chi connectivity index (χ0n) is 14.1. The van der Waals surface area contributed by atoms with Gasteiger partial charge in [-0.05, 0) is 41.5 Å². The molecule has 0 saturated heterocycles. The highest BCUT2D eigenvalue weighted by molar-refractivity contribution is 6.31. The van der Waals surface area contributed by atoms with Crippen molar-refractivity contribution < 1.29 is 14.3 Å². The summed E-state index contributed by atoms with van der Waals surface area (Å²) in [5.74, 6) is -0.484. The van der Waals surface area contributed by atoms with E-state index in [2.05, 4.69) is 5.32 Å². The van der Waals surface area contributed by atoms with Crippen LogP contribution in [0.15, 0.2) is 42.5 Å². The fraction of sp³-hybridized carbons (Fsp3) is 0.300. The van der Waals surface area contributed by atoms with Crippen LogP contribution < -0.4 is 5.32 Å². The van der Waals surface area contributed by atoms with Gasteiger partial charge in [0.1, 0.15) is 11.2 Å². The molecule has 0 bridgehead atoms. The number of halogens is 2. The summed E-state index contributed by atoms with van der Waals surface area (Å²) in [6.07, 6.45) is -0.139. The third-order valence-corrected chi connectivity index (χ3v) is 5.96. The first-order valence-electron chi connectivity index (χ1n) is 8.38. The van der Waals surface area contributed by atoms with E-state index in [0.717, 1.165) is 11.1 Å². The van der Waals surface area contributed by atoms with E-state index in [-0.39, 0.29) is 30.4 Å². The molecule has 1 N–H and O–H groups in total. The highest BCUT2D eigenvalue weighted by atomic mass is 35.5. The van der Waals surface area contributed by atoms with E-state index in [9.17, 15) is 9.59 Å². The molecule has 0 radical (unpaired) electrons. The topological polar surface area (TPSA) is 55.4 Å². The fourth-order valence-electron chi connectivity index (χ4n) is 4.42. The van der Waals surface area contributed by atoms with Gasteiger partial charge < -0.3 is 10.1 Å². The lowest BCUT2D eigenvalue weighted by Gasteiger charge is -2.44. The molecule has 134 valence electrons. The molecule has 2 aromatic carbocycles. The summed E-state index contributed by atoms with van der Waals surface area (Å²) in [6.45, 7) is 0. The van der Waals surface area contributed by atoms with E-state index in [4.69, 9.17) is 27.9 Å². The van der Waals surface area contributed by atoms with Crippen LogP contribution in [0.1, 0.15) is 29.9 Å². The van der Waals surface area contributed by atoms with E-state index in [1.54, 1.807) is 24.3 Å². The van der Waals surface area contributed by atoms with Crippen molar-refractivity contribution in [1.29, 1.82) is 0 Å². The maximum atomic E-state index is 13.3. The molecule has 3 atom stereocenters. The average molecular weight is 390 g/mol. The van der Waals surface area contributed by atoms with Crippen molar-refractivity contribution in [3.8, 4) is 0 Å². The lowest BCUT2D eigenvalue weighted by molar-refractivity contribution is -0.137. The van der Waals surface area contributed by atoms with Crippen molar-refractivity contribution in [2.24, 2.45) is 0 Å². The third kappa shape index (κ3) is 2.48. The maximum absolute atomic E-state index is 13.3. The molecule has 26 heavy (non-hydrogen) atoms. The van der Waals surface area contributed by atoms with Crippen molar-refractivity contribution in [1.82, 2.24) is 0 Å². The molecule has 3 unspecified atom stereocenters. The minimum absolute atomic E-state index is 0.0655. The zero-order chi connectivity index (χ0) is 18.5. The summed E-state index contributed by atoms with van der Waals surface area (Å²) < 4.78 is 5.69. The normalized spacial score (nSPS) is 27.5. The number of anilines is 1. The fourth-order valence-corrected chi connectivity index (χ4v) is 4.79. The molecule has 1 amide bonds. The number of hydrogen-bond acceptors (Lipinski definition) is 3. The first kappa shape index (κ1) is 17.5. The van der Waals surface area contributed by atoms with Crippen LogP contribution in [0.2, 0.25) is 10.0 Å². The van der Waals surface area contributed by atoms with Gasteiger partial charge in [-0.2, -0.15) is 0 Å². The lowest BCUT2D eigenvalue weighted by Crippen LogP contribution is -2.55. The van der Waals surface area contributed by atoms with Gasteiger partial charge in [0.05, 0.1) is 6.10 Å². The predicted molar refractivity (Wildman–Crippen MR) is 101 cm³/mol. The molecule has 4 rings (SSSR count). The van der Waals surface area contributed by atoms with Crippen LogP contribution in [0.25, 0.3) is 0 Å². The highest BCUT2D eigenvalue weighted by Gasteiger charge is 2.61. The van der Waals surface area contributed by atoms with Crippen molar-refractivity contribution in [2.45, 2.75) is 30.3 Å². The summed E-state index contributed by atoms with van der Waals surface area (Å²) in [5, 5.41) is 4.06. The first-order chi connectivity index (χ1) is 12.5. The molecule has 6 heteroatoms. The molecule has 1 fully saturated rings. The highest BCUT2D eigenvalue weighted by Crippen LogP contribution is 2.55. The van der Waals surface area contributed by atoms with Crippen LogP contribution >= 0.6 is 23.2 Å². The van der Waals surface area contributed by atoms with Gasteiger partial charge in [-0.15, -0.1) is 0 Å². The van der Waals surface area contributed by atoms with Crippen molar-refractivity contribution in [3.63, 3.8) is 0 Å². The van der Waals surface area contributed by atoms with Crippen LogP contribution in [0.3, 0.4) is 0 Å². The Morgan fingerprint density at radius 3 is 2.58 bits per heavy atom. The van der Waals surface area contributed by atoms with E-state index < -0.39 is 11.5 Å². The molecule has 0 aromatic heterocycles. The first-order valence-corrected chi connectivity index (χ1v) is 9.14. The van der Waals surface area contributed by atoms with Crippen molar-refractivity contribution in [3.05, 3.63) is 63.6 Å². The number of nitrogens with one attached hydrogen (secondary N) is 1. The van der Waals surface area contributed by atoms with Gasteiger partial charge in [0.2, 0.25) is 5.91 Å². The Morgan fingerprint density at radius 1 is 1.08 bits per heavy atom. The largest absolute Gasteiger partial charge is 0.379 e. The van der Waals surface area contributed by atoms with Crippen LogP contribution in [-0.2, 0) is 19.7 Å². The molecule has 1 heterocycles. The second-order valence-corrected chi connectivity index (χ2v) is 7.66. The monoisotopic (exact) mass is 389 g/mol.